The Morgan fingerprint density at radius 2 is 0.805 bits per heavy atom. The summed E-state index contributed by atoms with van der Waals surface area (Å²) in [5, 5.41) is 47.4. The molecule has 2 amide bonds. The van der Waals surface area contributed by atoms with Crippen LogP contribution < -0.4 is 40.8 Å². The number of nitro benzene ring substituents is 2. The van der Waals surface area contributed by atoms with E-state index in [2.05, 4.69) is 52.6 Å². The van der Waals surface area contributed by atoms with E-state index >= 15 is 0 Å². The monoisotopic (exact) mass is 1650 g/mol. The van der Waals surface area contributed by atoms with Crippen LogP contribution in [0.4, 0.5) is 27.5 Å². The number of carbonyl (C=O) groups is 1. The molecule has 0 aliphatic carbocycles. The number of anilines is 2. The molecule has 4 aromatic heterocycles. The number of rotatable bonds is 16. The fourth-order valence-electron chi connectivity index (χ4n) is 12.1. The molecule has 0 aliphatic heterocycles. The van der Waals surface area contributed by atoms with E-state index in [-0.39, 0.29) is 17.4 Å². The maximum absolute atomic E-state index is 11.9. The number of non-ortho nitro benzene ring substituents is 2. The molecule has 0 atom stereocenters. The smallest absolute Gasteiger partial charge is 0.488 e. The Morgan fingerprint density at radius 3 is 1.16 bits per heavy atom. The molecule has 0 fully saturated rings. The average molecular weight is 1660 g/mol. The van der Waals surface area contributed by atoms with Crippen LogP contribution in [0.25, 0.3) is 100 Å². The molecule has 568 valence electrons. The Morgan fingerprint density at radius 1 is 0.451 bits per heavy atom. The van der Waals surface area contributed by atoms with Crippen LogP contribution >= 0.6 is 62.3 Å². The number of methoxy groups -OCH3 is 4. The van der Waals surface area contributed by atoms with Gasteiger partial charge in [-0.1, -0.05) is 94.9 Å². The van der Waals surface area contributed by atoms with E-state index in [1.165, 1.54) is 30.3 Å². The van der Waals surface area contributed by atoms with Crippen molar-refractivity contribution in [1.29, 1.82) is 0 Å². The van der Waals surface area contributed by atoms with Crippen LogP contribution in [0.3, 0.4) is 0 Å². The van der Waals surface area contributed by atoms with E-state index in [4.69, 9.17) is 81.1 Å². The summed E-state index contributed by atoms with van der Waals surface area (Å²) in [7, 11) is 5.08. The van der Waals surface area contributed by atoms with Crippen LogP contribution in [0.2, 0.25) is 20.1 Å². The van der Waals surface area contributed by atoms with Gasteiger partial charge in [-0.05, 0) is 215 Å². The molecule has 0 unspecified atom stereocenters. The number of imidazole rings is 4. The van der Waals surface area contributed by atoms with Gasteiger partial charge in [0.2, 0.25) is 0 Å². The van der Waals surface area contributed by atoms with E-state index in [1.54, 1.807) is 88.6 Å². The highest BCUT2D eigenvalue weighted by molar-refractivity contribution is 9.10. The first-order valence-corrected chi connectivity index (χ1v) is 36.7. The van der Waals surface area contributed by atoms with Crippen molar-refractivity contribution in [3.05, 3.63) is 313 Å². The Balaban J connectivity index is 0.000000135. The summed E-state index contributed by atoms with van der Waals surface area (Å²) in [6.45, 7) is 2.43. The van der Waals surface area contributed by atoms with Gasteiger partial charge in [0, 0.05) is 102 Å². The maximum atomic E-state index is 11.9. The van der Waals surface area contributed by atoms with E-state index < -0.39 is 17.0 Å². The quantitative estimate of drug-likeness (QED) is 0.0260. The number of amides is 2. The molecular formula is C83H67BBrCl4N13O11. The van der Waals surface area contributed by atoms with Crippen LogP contribution in [0, 0.1) is 20.2 Å². The Kier molecular flexibility index (Phi) is 25.7. The fraction of sp³-hybridized carbons (Fsp3) is 0.0723. The Labute approximate surface area is 675 Å². The summed E-state index contributed by atoms with van der Waals surface area (Å²) >= 11 is 27.5. The van der Waals surface area contributed by atoms with Crippen molar-refractivity contribution >= 4 is 148 Å². The number of nitro groups is 2. The zero-order valence-electron chi connectivity index (χ0n) is 60.7. The van der Waals surface area contributed by atoms with Crippen molar-refractivity contribution < 1.29 is 43.6 Å². The topological polar surface area (TPSA) is 302 Å². The highest BCUT2D eigenvalue weighted by atomic mass is 79.9. The lowest BCUT2D eigenvalue weighted by Gasteiger charge is -2.13. The van der Waals surface area contributed by atoms with E-state index in [0.717, 1.165) is 94.2 Å². The van der Waals surface area contributed by atoms with Gasteiger partial charge in [-0.25, -0.2) is 24.7 Å². The largest absolute Gasteiger partial charge is 0.496 e. The molecule has 6 N–H and O–H groups in total. The second-order valence-corrected chi connectivity index (χ2v) is 27.3. The number of halogens is 5. The molecular weight excluding hydrogens is 1590 g/mol. The summed E-state index contributed by atoms with van der Waals surface area (Å²) < 4.78 is 30.2. The number of aromatic nitrogens is 8. The molecule has 30 heteroatoms. The summed E-state index contributed by atoms with van der Waals surface area (Å²) in [5.41, 5.74) is 23.3. The lowest BCUT2D eigenvalue weighted by Crippen LogP contribution is -2.29. The van der Waals surface area contributed by atoms with Crippen LogP contribution in [0.15, 0.2) is 272 Å². The minimum atomic E-state index is -1.43. The minimum Gasteiger partial charge on any atom is -0.496 e. The van der Waals surface area contributed by atoms with Crippen molar-refractivity contribution in [2.45, 2.75) is 6.92 Å². The number of benzene rings is 12. The molecule has 24 nitrogen and oxygen atoms in total. The fourth-order valence-corrected chi connectivity index (χ4v) is 13.4. The molecule has 0 bridgehead atoms. The first kappa shape index (κ1) is 79.8. The number of ether oxygens (including phenoxy) is 4. The number of nitrogens with zero attached hydrogens (tertiary/aromatic N) is 10. The Bertz CT molecular complexity index is 6180. The van der Waals surface area contributed by atoms with Crippen molar-refractivity contribution in [3.63, 3.8) is 0 Å². The van der Waals surface area contributed by atoms with Gasteiger partial charge in [-0.15, -0.1) is 0 Å². The molecule has 16 rings (SSSR count). The molecule has 0 radical (unpaired) electrons. The number of carbonyl (C=O) groups excluding carboxylic acids is 1. The van der Waals surface area contributed by atoms with Gasteiger partial charge in [-0.2, -0.15) is 0 Å². The van der Waals surface area contributed by atoms with Crippen molar-refractivity contribution in [2.24, 2.45) is 0 Å². The highest BCUT2D eigenvalue weighted by Crippen LogP contribution is 2.39. The maximum Gasteiger partial charge on any atom is 0.488 e. The predicted octanol–water partition coefficient (Wildman–Crippen LogP) is 19.4. The standard InChI is InChI=1S/C23H21ClN4O2.C20H14ClN3O3.C20H16ClN3O.C14H10BrN3O3.C6H6BClO2/c1-3-25-23(29)27-17-7-9-20-21(12-17)28(14-26-20)18-8-10-22(30-2)19(13-18)15-5-4-6-16(24)11-15;1-27-20-8-6-15(10-17(20)13-3-2-4-14(21)9-13)23-12-22-18-7-5-16(24(25)26)11-19(18)23;1-25-20-8-6-16(11-17(20)13-3-2-4-14(21)9-13)24-12-23-18-7-5-15(22)10-19(18)24;1-21-14-5-3-9(6-11(14)15)17-8-16-12-4-2-10(18(19)20)7-13(12)17;8-6-3-1-2-5(4-6)7(9)10/h4-14H,3H2,1-2H3,(H2,25,27,29);2-12H,1H3;2-12H,22H2,1H3;2-8H,1H3;1-4,9-10H. The molecule has 0 saturated heterocycles. The van der Waals surface area contributed by atoms with Crippen molar-refractivity contribution in [1.82, 2.24) is 43.5 Å². The first-order chi connectivity index (χ1) is 54.6. The number of hydrogen-bond donors (Lipinski definition) is 5. The third-order valence-corrected chi connectivity index (χ3v) is 19.1. The number of fused-ring (bicyclic) bond motifs is 4. The molecule has 0 aliphatic rings. The van der Waals surface area contributed by atoms with Gasteiger partial charge in [0.15, 0.2) is 0 Å². The van der Waals surface area contributed by atoms with E-state index in [9.17, 15) is 25.0 Å². The molecule has 0 saturated carbocycles. The van der Waals surface area contributed by atoms with Gasteiger partial charge in [-0.3, -0.25) is 38.5 Å². The minimum absolute atomic E-state index is 0.0211. The number of nitrogens with one attached hydrogen (secondary N) is 2. The van der Waals surface area contributed by atoms with E-state index in [1.807, 2.05) is 197 Å². The normalized spacial score (nSPS) is 10.7. The molecule has 0 spiro atoms. The zero-order chi connectivity index (χ0) is 80.0. The molecule has 12 aromatic carbocycles. The number of nitrogens with two attached hydrogens (primary N) is 1. The highest BCUT2D eigenvalue weighted by Gasteiger charge is 2.19. The molecule has 4 heterocycles. The van der Waals surface area contributed by atoms with Crippen molar-refractivity contribution in [2.75, 3.05) is 46.0 Å². The van der Waals surface area contributed by atoms with Crippen LogP contribution in [0.5, 0.6) is 23.0 Å². The number of urea groups is 1. The summed E-state index contributed by atoms with van der Waals surface area (Å²) in [5.74, 6) is 2.96. The van der Waals surface area contributed by atoms with Gasteiger partial charge in [0.1, 0.15) is 48.3 Å². The van der Waals surface area contributed by atoms with Crippen LogP contribution in [-0.4, -0.2) is 106 Å². The summed E-state index contributed by atoms with van der Waals surface area (Å²) in [6.07, 6.45) is 6.86. The summed E-state index contributed by atoms with van der Waals surface area (Å²) in [6, 6.07) is 72.8. The van der Waals surface area contributed by atoms with Crippen LogP contribution in [-0.2, 0) is 0 Å². The lowest BCUT2D eigenvalue weighted by atomic mass is 9.81. The van der Waals surface area contributed by atoms with Gasteiger partial charge < -0.3 is 45.4 Å². The molecule has 16 aromatic rings. The molecule has 113 heavy (non-hydrogen) atoms. The van der Waals surface area contributed by atoms with Gasteiger partial charge in [0.05, 0.1) is 86.9 Å². The third-order valence-electron chi connectivity index (χ3n) is 17.5. The summed E-state index contributed by atoms with van der Waals surface area (Å²) in [4.78, 5) is 50.6. The second kappa shape index (κ2) is 36.4. The van der Waals surface area contributed by atoms with Crippen molar-refractivity contribution in [3.8, 4) is 79.1 Å². The third kappa shape index (κ3) is 19.0. The van der Waals surface area contributed by atoms with Gasteiger partial charge >= 0.3 is 13.1 Å². The first-order valence-electron chi connectivity index (χ1n) is 34.4. The van der Waals surface area contributed by atoms with E-state index in [0.29, 0.717) is 77.0 Å². The SMILES string of the molecule is CCNC(=O)Nc1ccc2ncn(-c3ccc(OC)c(-c4cccc(Cl)c4)c3)c2c1.COc1ccc(-n2cnc3ccc(N)cc32)cc1-c1cccc(Cl)c1.COc1ccc(-n2cnc3ccc([N+](=O)[O-])cc32)cc1-c1cccc(Cl)c1.COc1ccc(-n2cnc3ccc([N+](=O)[O-])cc32)cc1Br.OB(O)c1cccc(Cl)c1. The van der Waals surface area contributed by atoms with Gasteiger partial charge in [0.25, 0.3) is 11.4 Å². The van der Waals surface area contributed by atoms with Crippen LogP contribution in [0.1, 0.15) is 6.92 Å². The predicted molar refractivity (Wildman–Crippen MR) is 451 cm³/mol. The number of nitrogen functional groups attached to an aromatic ring is 1. The zero-order valence-corrected chi connectivity index (χ0v) is 65.3. The Hall–Kier alpha value is -12.8. The lowest BCUT2D eigenvalue weighted by molar-refractivity contribution is -0.384. The second-order valence-electron chi connectivity index (χ2n) is 24.7. The number of hydrogen-bond acceptors (Lipinski definition) is 16. The average Bonchev–Trinajstić information content (AvgIpc) is 1.66.